The van der Waals surface area contributed by atoms with Crippen LogP contribution < -0.4 is 5.73 Å². The predicted molar refractivity (Wildman–Crippen MR) is 72.3 cm³/mol. The molecule has 0 radical (unpaired) electrons. The number of halogens is 1. The third-order valence-corrected chi connectivity index (χ3v) is 3.01. The fraction of sp³-hybridized carbons (Fsp3) is 0.250. The van der Waals surface area contributed by atoms with Gasteiger partial charge >= 0.3 is 0 Å². The minimum atomic E-state index is -0.0225. The van der Waals surface area contributed by atoms with Crippen LogP contribution >= 0.6 is 15.9 Å². The normalized spacial score (nSPS) is 10.6. The Morgan fingerprint density at radius 3 is 2.89 bits per heavy atom. The molecule has 0 saturated carbocycles. The minimum Gasteiger partial charge on any atom is -0.399 e. The second-order valence-corrected chi connectivity index (χ2v) is 4.78. The topological polar surface area (TPSA) is 73.8 Å². The van der Waals surface area contributed by atoms with Crippen LogP contribution in [0.15, 0.2) is 29.0 Å². The molecule has 0 amide bonds. The molecule has 0 atom stereocenters. The Labute approximate surface area is 113 Å². The Morgan fingerprint density at radius 2 is 2.22 bits per heavy atom. The summed E-state index contributed by atoms with van der Waals surface area (Å²) in [6.07, 6.45) is 1.69. The summed E-state index contributed by atoms with van der Waals surface area (Å²) < 4.78 is 2.50. The van der Waals surface area contributed by atoms with Crippen LogP contribution in [0.4, 0.5) is 5.69 Å². The summed E-state index contributed by atoms with van der Waals surface area (Å²) in [7, 11) is 0. The van der Waals surface area contributed by atoms with E-state index in [-0.39, 0.29) is 12.2 Å². The van der Waals surface area contributed by atoms with Gasteiger partial charge in [-0.3, -0.25) is 4.79 Å². The molecule has 0 saturated heterocycles. The van der Waals surface area contributed by atoms with E-state index >= 15 is 0 Å². The van der Waals surface area contributed by atoms with Gasteiger partial charge in [-0.05, 0) is 25.1 Å². The smallest absolute Gasteiger partial charge is 0.170 e. The lowest BCUT2D eigenvalue weighted by Gasteiger charge is -2.04. The standard InChI is InChI=1S/C12H13BrN4O/c1-2-17-12(15-7-16-17)6-11(18)8-3-9(13)5-10(14)4-8/h3-5,7H,2,6,14H2,1H3. The Kier molecular flexibility index (Phi) is 3.76. The number of benzene rings is 1. The van der Waals surface area contributed by atoms with E-state index in [0.717, 1.165) is 4.47 Å². The van der Waals surface area contributed by atoms with Crippen molar-refractivity contribution in [1.29, 1.82) is 0 Å². The first kappa shape index (κ1) is 12.8. The van der Waals surface area contributed by atoms with Gasteiger partial charge < -0.3 is 5.73 Å². The van der Waals surface area contributed by atoms with Gasteiger partial charge in [0.25, 0.3) is 0 Å². The monoisotopic (exact) mass is 308 g/mol. The quantitative estimate of drug-likeness (QED) is 0.693. The maximum Gasteiger partial charge on any atom is 0.170 e. The number of carbonyl (C=O) groups is 1. The van der Waals surface area contributed by atoms with Crippen molar-refractivity contribution in [3.05, 3.63) is 40.4 Å². The fourth-order valence-electron chi connectivity index (χ4n) is 1.71. The number of nitrogens with zero attached hydrogens (tertiary/aromatic N) is 3. The van der Waals surface area contributed by atoms with Gasteiger partial charge in [-0.15, -0.1) is 0 Å². The van der Waals surface area contributed by atoms with Crippen LogP contribution in [0.3, 0.4) is 0 Å². The second kappa shape index (κ2) is 5.30. The van der Waals surface area contributed by atoms with Crippen molar-refractivity contribution < 1.29 is 4.79 Å². The molecule has 0 fully saturated rings. The molecule has 5 nitrogen and oxygen atoms in total. The Morgan fingerprint density at radius 1 is 1.44 bits per heavy atom. The number of ketones is 1. The van der Waals surface area contributed by atoms with Crippen LogP contribution in [-0.2, 0) is 13.0 Å². The van der Waals surface area contributed by atoms with Gasteiger partial charge in [0.2, 0.25) is 0 Å². The molecular weight excluding hydrogens is 296 g/mol. The zero-order valence-electron chi connectivity index (χ0n) is 9.93. The SMILES string of the molecule is CCn1ncnc1CC(=O)c1cc(N)cc(Br)c1. The summed E-state index contributed by atoms with van der Waals surface area (Å²) in [5.41, 5.74) is 6.85. The van der Waals surface area contributed by atoms with Crippen molar-refractivity contribution in [3.63, 3.8) is 0 Å². The maximum absolute atomic E-state index is 12.1. The van der Waals surface area contributed by atoms with E-state index in [9.17, 15) is 4.79 Å². The van der Waals surface area contributed by atoms with Gasteiger partial charge in [0.15, 0.2) is 5.78 Å². The number of Topliss-reactive ketones (excluding diaryl/α,β-unsaturated/α-hetero) is 1. The van der Waals surface area contributed by atoms with E-state index in [1.807, 2.05) is 6.92 Å². The molecule has 1 heterocycles. The number of anilines is 1. The van der Waals surface area contributed by atoms with Crippen molar-refractivity contribution in [3.8, 4) is 0 Å². The number of aryl methyl sites for hydroxylation is 1. The van der Waals surface area contributed by atoms with Crippen molar-refractivity contribution in [2.24, 2.45) is 0 Å². The fourth-order valence-corrected chi connectivity index (χ4v) is 2.22. The summed E-state index contributed by atoms with van der Waals surface area (Å²) in [5, 5.41) is 4.04. The molecule has 1 aromatic carbocycles. The van der Waals surface area contributed by atoms with E-state index < -0.39 is 0 Å². The average Bonchev–Trinajstić information content (AvgIpc) is 2.75. The number of hydrogen-bond donors (Lipinski definition) is 1. The van der Waals surface area contributed by atoms with Crippen LogP contribution in [0.1, 0.15) is 23.1 Å². The number of nitrogen functional groups attached to an aromatic ring is 1. The first-order chi connectivity index (χ1) is 8.60. The molecule has 0 bridgehead atoms. The third-order valence-electron chi connectivity index (χ3n) is 2.56. The van der Waals surface area contributed by atoms with Crippen LogP contribution in [0.5, 0.6) is 0 Å². The summed E-state index contributed by atoms with van der Waals surface area (Å²) in [5.74, 6) is 0.645. The molecule has 2 N–H and O–H groups in total. The molecule has 6 heteroatoms. The molecule has 94 valence electrons. The summed E-state index contributed by atoms with van der Waals surface area (Å²) >= 11 is 3.32. The van der Waals surface area contributed by atoms with Gasteiger partial charge in [0.05, 0.1) is 6.42 Å². The van der Waals surface area contributed by atoms with Crippen molar-refractivity contribution in [2.45, 2.75) is 19.9 Å². The molecule has 2 aromatic rings. The average molecular weight is 309 g/mol. The maximum atomic E-state index is 12.1. The molecule has 18 heavy (non-hydrogen) atoms. The summed E-state index contributed by atoms with van der Waals surface area (Å²) in [4.78, 5) is 16.2. The lowest BCUT2D eigenvalue weighted by molar-refractivity contribution is 0.0989. The first-order valence-corrected chi connectivity index (χ1v) is 6.35. The highest BCUT2D eigenvalue weighted by molar-refractivity contribution is 9.10. The predicted octanol–water partition coefficient (Wildman–Crippen LogP) is 2.07. The Bertz CT molecular complexity index is 559. The van der Waals surface area contributed by atoms with Crippen molar-refractivity contribution in [1.82, 2.24) is 14.8 Å². The molecular formula is C12H13BrN4O. The van der Waals surface area contributed by atoms with Crippen LogP contribution in [-0.4, -0.2) is 20.5 Å². The van der Waals surface area contributed by atoms with E-state index in [1.54, 1.807) is 22.9 Å². The third kappa shape index (κ3) is 2.76. The molecule has 0 aliphatic carbocycles. The summed E-state index contributed by atoms with van der Waals surface area (Å²) in [6, 6.07) is 5.18. The molecule has 0 unspecified atom stereocenters. The van der Waals surface area contributed by atoms with E-state index in [2.05, 4.69) is 26.0 Å². The van der Waals surface area contributed by atoms with Crippen molar-refractivity contribution in [2.75, 3.05) is 5.73 Å². The van der Waals surface area contributed by atoms with E-state index in [0.29, 0.717) is 23.6 Å². The van der Waals surface area contributed by atoms with Crippen LogP contribution in [0.2, 0.25) is 0 Å². The number of nitrogens with two attached hydrogens (primary N) is 1. The number of hydrogen-bond acceptors (Lipinski definition) is 4. The van der Waals surface area contributed by atoms with Crippen molar-refractivity contribution >= 4 is 27.4 Å². The van der Waals surface area contributed by atoms with Gasteiger partial charge in [0.1, 0.15) is 12.2 Å². The van der Waals surface area contributed by atoms with Gasteiger partial charge in [-0.2, -0.15) is 5.10 Å². The first-order valence-electron chi connectivity index (χ1n) is 5.56. The highest BCUT2D eigenvalue weighted by atomic mass is 79.9. The van der Waals surface area contributed by atoms with Gasteiger partial charge in [-0.25, -0.2) is 9.67 Å². The summed E-state index contributed by atoms with van der Waals surface area (Å²) in [6.45, 7) is 2.66. The lowest BCUT2D eigenvalue weighted by atomic mass is 10.1. The molecule has 0 aliphatic heterocycles. The molecule has 0 spiro atoms. The largest absolute Gasteiger partial charge is 0.399 e. The zero-order chi connectivity index (χ0) is 13.1. The lowest BCUT2D eigenvalue weighted by Crippen LogP contribution is -2.11. The zero-order valence-corrected chi connectivity index (χ0v) is 11.5. The molecule has 2 rings (SSSR count). The van der Waals surface area contributed by atoms with Crippen LogP contribution in [0, 0.1) is 0 Å². The number of rotatable bonds is 4. The molecule has 0 aliphatic rings. The highest BCUT2D eigenvalue weighted by Crippen LogP contribution is 2.18. The Hall–Kier alpha value is -1.69. The van der Waals surface area contributed by atoms with E-state index in [1.165, 1.54) is 6.33 Å². The van der Waals surface area contributed by atoms with Crippen LogP contribution in [0.25, 0.3) is 0 Å². The molecule has 1 aromatic heterocycles. The number of carbonyl (C=O) groups excluding carboxylic acids is 1. The van der Waals surface area contributed by atoms with Gasteiger partial charge in [0, 0.05) is 22.3 Å². The number of aromatic nitrogens is 3. The van der Waals surface area contributed by atoms with Gasteiger partial charge in [-0.1, -0.05) is 15.9 Å². The van der Waals surface area contributed by atoms with E-state index in [4.69, 9.17) is 5.73 Å². The highest BCUT2D eigenvalue weighted by Gasteiger charge is 2.12. The minimum absolute atomic E-state index is 0.0225. The Balaban J connectivity index is 2.22. The second-order valence-electron chi connectivity index (χ2n) is 3.87.